The van der Waals surface area contributed by atoms with Crippen LogP contribution in [0, 0.1) is 0 Å². The first-order chi connectivity index (χ1) is 5.47. The molecule has 0 aliphatic carbocycles. The summed E-state index contributed by atoms with van der Waals surface area (Å²) in [5, 5.41) is 0. The summed E-state index contributed by atoms with van der Waals surface area (Å²) in [6.45, 7) is 0. The van der Waals surface area contributed by atoms with Gasteiger partial charge in [0.2, 0.25) is 0 Å². The first-order valence-electron chi connectivity index (χ1n) is 3.30. The second-order valence-electron chi connectivity index (χ2n) is 2.15. The number of aromatic nitrogens is 2. The molecule has 0 fully saturated rings. The predicted molar refractivity (Wildman–Crippen MR) is 38.1 cm³/mol. The number of hydrogen-bond donors (Lipinski definition) is 1. The minimum atomic E-state index is -0.0938. The Labute approximate surface area is 63.9 Å². The van der Waals surface area contributed by atoms with Crippen LogP contribution >= 0.6 is 0 Å². The molecule has 0 saturated carbocycles. The number of nitrogens with zero attached hydrogens (tertiary/aromatic N) is 2. The van der Waals surface area contributed by atoms with E-state index in [1.807, 2.05) is 6.08 Å². The molecule has 1 aliphatic heterocycles. The highest BCUT2D eigenvalue weighted by Crippen LogP contribution is 2.16. The number of nitrogens with one attached hydrogen (secondary N) is 1. The summed E-state index contributed by atoms with van der Waals surface area (Å²) in [6.07, 6.45) is 8.48. The van der Waals surface area contributed by atoms with Crippen LogP contribution in [-0.2, 0) is 4.84 Å². The maximum Gasteiger partial charge on any atom is 0.149 e. The van der Waals surface area contributed by atoms with E-state index in [0.29, 0.717) is 0 Å². The minimum absolute atomic E-state index is 0.0938. The highest BCUT2D eigenvalue weighted by molar-refractivity contribution is 5.09. The van der Waals surface area contributed by atoms with Crippen molar-refractivity contribution in [3.8, 4) is 0 Å². The van der Waals surface area contributed by atoms with Gasteiger partial charge in [-0.1, -0.05) is 0 Å². The second kappa shape index (κ2) is 2.67. The predicted octanol–water partition coefficient (Wildman–Crippen LogP) is 0.566. The van der Waals surface area contributed by atoms with E-state index in [9.17, 15) is 0 Å². The molecule has 0 radical (unpaired) electrons. The quantitative estimate of drug-likeness (QED) is 0.634. The molecule has 1 aromatic rings. The molecule has 1 atom stereocenters. The van der Waals surface area contributed by atoms with Crippen molar-refractivity contribution < 1.29 is 4.84 Å². The van der Waals surface area contributed by atoms with Gasteiger partial charge in [0.05, 0.1) is 11.9 Å². The zero-order chi connectivity index (χ0) is 7.52. The molecule has 1 unspecified atom stereocenters. The van der Waals surface area contributed by atoms with Gasteiger partial charge < -0.3 is 0 Å². The Balaban J connectivity index is 2.23. The Morgan fingerprint density at radius 1 is 1.45 bits per heavy atom. The SMILES string of the molecule is C1=CC(c2cnccn2)ON1. The third kappa shape index (κ3) is 1.20. The van der Waals surface area contributed by atoms with Crippen molar-refractivity contribution in [1.82, 2.24) is 15.4 Å². The normalized spacial score (nSPS) is 21.6. The lowest BCUT2D eigenvalue weighted by Gasteiger charge is -2.04. The van der Waals surface area contributed by atoms with Crippen LogP contribution in [0.15, 0.2) is 30.9 Å². The lowest BCUT2D eigenvalue weighted by molar-refractivity contribution is 0.0444. The van der Waals surface area contributed by atoms with Crippen molar-refractivity contribution in [2.45, 2.75) is 6.10 Å². The Morgan fingerprint density at radius 3 is 3.09 bits per heavy atom. The van der Waals surface area contributed by atoms with Gasteiger partial charge in [-0.25, -0.2) is 0 Å². The fraction of sp³-hybridized carbons (Fsp3) is 0.143. The van der Waals surface area contributed by atoms with Gasteiger partial charge in [0.25, 0.3) is 0 Å². The summed E-state index contributed by atoms with van der Waals surface area (Å²) in [6, 6.07) is 0. The molecule has 1 N–H and O–H groups in total. The standard InChI is InChI=1S/C7H7N3O/c1-2-10-11-7(1)6-5-8-3-4-9-6/h1-5,7,10H. The Morgan fingerprint density at radius 2 is 2.45 bits per heavy atom. The number of hydroxylamine groups is 1. The fourth-order valence-corrected chi connectivity index (χ4v) is 0.895. The molecule has 1 aromatic heterocycles. The molecule has 4 nitrogen and oxygen atoms in total. The first kappa shape index (κ1) is 6.30. The minimum Gasteiger partial charge on any atom is -0.273 e. The monoisotopic (exact) mass is 149 g/mol. The van der Waals surface area contributed by atoms with Gasteiger partial charge in [-0.05, 0) is 6.08 Å². The molecule has 56 valence electrons. The van der Waals surface area contributed by atoms with Crippen LogP contribution in [-0.4, -0.2) is 9.97 Å². The van der Waals surface area contributed by atoms with Crippen molar-refractivity contribution in [1.29, 1.82) is 0 Å². The molecule has 0 saturated heterocycles. The van der Waals surface area contributed by atoms with E-state index < -0.39 is 0 Å². The van der Waals surface area contributed by atoms with Gasteiger partial charge in [0.1, 0.15) is 6.10 Å². The van der Waals surface area contributed by atoms with Crippen LogP contribution in [0.4, 0.5) is 0 Å². The average Bonchev–Trinajstić information content (AvgIpc) is 2.58. The summed E-state index contributed by atoms with van der Waals surface area (Å²) in [5.74, 6) is 0. The maximum atomic E-state index is 5.08. The van der Waals surface area contributed by atoms with E-state index in [2.05, 4.69) is 15.4 Å². The molecule has 0 spiro atoms. The smallest absolute Gasteiger partial charge is 0.149 e. The molecule has 0 amide bonds. The summed E-state index contributed by atoms with van der Waals surface area (Å²) in [5.41, 5.74) is 3.44. The van der Waals surface area contributed by atoms with Crippen molar-refractivity contribution in [3.63, 3.8) is 0 Å². The lowest BCUT2D eigenvalue weighted by atomic mass is 10.3. The highest BCUT2D eigenvalue weighted by Gasteiger charge is 2.13. The third-order valence-corrected chi connectivity index (χ3v) is 1.41. The maximum absolute atomic E-state index is 5.08. The molecule has 11 heavy (non-hydrogen) atoms. The van der Waals surface area contributed by atoms with Gasteiger partial charge in [0.15, 0.2) is 0 Å². The lowest BCUT2D eigenvalue weighted by Crippen LogP contribution is -2.05. The third-order valence-electron chi connectivity index (χ3n) is 1.41. The van der Waals surface area contributed by atoms with Gasteiger partial charge in [-0.3, -0.25) is 20.3 Å². The van der Waals surface area contributed by atoms with Gasteiger partial charge in [0, 0.05) is 18.6 Å². The molecule has 0 aromatic carbocycles. The van der Waals surface area contributed by atoms with Crippen molar-refractivity contribution in [2.75, 3.05) is 0 Å². The van der Waals surface area contributed by atoms with E-state index in [0.717, 1.165) is 5.69 Å². The van der Waals surface area contributed by atoms with Gasteiger partial charge in [-0.15, -0.1) is 0 Å². The summed E-state index contributed by atoms with van der Waals surface area (Å²) in [4.78, 5) is 13.1. The molecule has 2 heterocycles. The van der Waals surface area contributed by atoms with Crippen molar-refractivity contribution in [2.24, 2.45) is 0 Å². The van der Waals surface area contributed by atoms with Gasteiger partial charge in [-0.2, -0.15) is 0 Å². The second-order valence-corrected chi connectivity index (χ2v) is 2.15. The molecular weight excluding hydrogens is 142 g/mol. The van der Waals surface area contributed by atoms with Crippen LogP contribution in [0.1, 0.15) is 11.8 Å². The van der Waals surface area contributed by atoms with E-state index in [1.165, 1.54) is 0 Å². The molecule has 1 aliphatic rings. The van der Waals surface area contributed by atoms with Crippen LogP contribution in [0.25, 0.3) is 0 Å². The van der Waals surface area contributed by atoms with E-state index in [-0.39, 0.29) is 6.10 Å². The number of rotatable bonds is 1. The highest BCUT2D eigenvalue weighted by atomic mass is 16.7. The van der Waals surface area contributed by atoms with Crippen LogP contribution in [0.2, 0.25) is 0 Å². The van der Waals surface area contributed by atoms with E-state index in [1.54, 1.807) is 24.8 Å². The van der Waals surface area contributed by atoms with Crippen molar-refractivity contribution in [3.05, 3.63) is 36.6 Å². The van der Waals surface area contributed by atoms with Crippen molar-refractivity contribution >= 4 is 0 Å². The zero-order valence-electron chi connectivity index (χ0n) is 5.77. The summed E-state index contributed by atoms with van der Waals surface area (Å²) < 4.78 is 0. The zero-order valence-corrected chi connectivity index (χ0v) is 5.77. The summed E-state index contributed by atoms with van der Waals surface area (Å²) in [7, 11) is 0. The molecular formula is C7H7N3O. The molecule has 4 heteroatoms. The Kier molecular flexibility index (Phi) is 1.53. The Bertz CT molecular complexity index is 260. The van der Waals surface area contributed by atoms with E-state index in [4.69, 9.17) is 4.84 Å². The molecule has 0 bridgehead atoms. The van der Waals surface area contributed by atoms with Crippen LogP contribution in [0.3, 0.4) is 0 Å². The number of hydrogen-bond acceptors (Lipinski definition) is 4. The molecule has 2 rings (SSSR count). The van der Waals surface area contributed by atoms with Crippen LogP contribution in [0.5, 0.6) is 0 Å². The topological polar surface area (TPSA) is 47.0 Å². The Hall–Kier alpha value is -1.42. The largest absolute Gasteiger partial charge is 0.273 e. The summed E-state index contributed by atoms with van der Waals surface area (Å²) >= 11 is 0. The average molecular weight is 149 g/mol. The van der Waals surface area contributed by atoms with E-state index >= 15 is 0 Å². The van der Waals surface area contributed by atoms with Gasteiger partial charge >= 0.3 is 0 Å². The fourth-order valence-electron chi connectivity index (χ4n) is 0.895. The van der Waals surface area contributed by atoms with Crippen LogP contribution < -0.4 is 5.48 Å². The first-order valence-corrected chi connectivity index (χ1v) is 3.30.